The van der Waals surface area contributed by atoms with Crippen LogP contribution in [0.1, 0.15) is 30.9 Å². The highest BCUT2D eigenvalue weighted by Crippen LogP contribution is 2.34. The largest absolute Gasteiger partial charge is 0.383 e. The summed E-state index contributed by atoms with van der Waals surface area (Å²) in [7, 11) is 1.64. The van der Waals surface area contributed by atoms with Gasteiger partial charge in [0.15, 0.2) is 0 Å². The number of ether oxygens (including phenoxy) is 1. The van der Waals surface area contributed by atoms with Gasteiger partial charge in [-0.3, -0.25) is 4.79 Å². The summed E-state index contributed by atoms with van der Waals surface area (Å²) in [5.74, 6) is 0.813. The molecule has 0 radical (unpaired) electrons. The molecule has 0 N–H and O–H groups in total. The Kier molecular flexibility index (Phi) is 5.93. The zero-order chi connectivity index (χ0) is 18.5. The molecule has 0 aliphatic carbocycles. The van der Waals surface area contributed by atoms with Gasteiger partial charge in [-0.15, -0.1) is 0 Å². The summed E-state index contributed by atoms with van der Waals surface area (Å²) in [4.78, 5) is 16.1. The number of carbonyl (C=O) groups excluding carboxylic acids is 1. The van der Waals surface area contributed by atoms with E-state index in [1.54, 1.807) is 18.9 Å². The van der Waals surface area contributed by atoms with Gasteiger partial charge < -0.3 is 19.1 Å². The van der Waals surface area contributed by atoms with Crippen molar-refractivity contribution in [2.45, 2.75) is 33.2 Å². The van der Waals surface area contributed by atoms with E-state index in [1.165, 1.54) is 5.56 Å². The number of rotatable bonds is 7. The van der Waals surface area contributed by atoms with Gasteiger partial charge in [0.2, 0.25) is 11.8 Å². The van der Waals surface area contributed by atoms with Crippen LogP contribution >= 0.6 is 0 Å². The molecule has 0 atom stereocenters. The van der Waals surface area contributed by atoms with E-state index in [1.807, 2.05) is 12.1 Å². The van der Waals surface area contributed by atoms with Crippen LogP contribution in [-0.4, -0.2) is 49.3 Å². The molecule has 0 bridgehead atoms. The number of aryl methyl sites for hydroxylation is 1. The van der Waals surface area contributed by atoms with Gasteiger partial charge in [-0.2, -0.15) is 0 Å². The summed E-state index contributed by atoms with van der Waals surface area (Å²) in [6.07, 6.45) is 2.31. The van der Waals surface area contributed by atoms with Gasteiger partial charge >= 0.3 is 0 Å². The molecule has 2 aromatic rings. The summed E-state index contributed by atoms with van der Waals surface area (Å²) in [6, 6.07) is 8.22. The summed E-state index contributed by atoms with van der Waals surface area (Å²) in [5, 5.41) is 4.38. The van der Waals surface area contributed by atoms with Crippen molar-refractivity contribution in [2.24, 2.45) is 0 Å². The van der Waals surface area contributed by atoms with Crippen molar-refractivity contribution in [2.75, 3.05) is 38.3 Å². The molecule has 6 nitrogen and oxygen atoms in total. The Hall–Kier alpha value is -2.34. The predicted molar refractivity (Wildman–Crippen MR) is 101 cm³/mol. The van der Waals surface area contributed by atoms with Crippen LogP contribution in [0, 0.1) is 6.92 Å². The van der Waals surface area contributed by atoms with Gasteiger partial charge in [0.05, 0.1) is 18.7 Å². The topological polar surface area (TPSA) is 58.8 Å². The average Bonchev–Trinajstić information content (AvgIpc) is 3.27. The lowest BCUT2D eigenvalue weighted by molar-refractivity contribution is -0.130. The van der Waals surface area contributed by atoms with Crippen molar-refractivity contribution in [1.29, 1.82) is 0 Å². The third-order valence-electron chi connectivity index (χ3n) is 4.81. The van der Waals surface area contributed by atoms with Crippen LogP contribution in [0.5, 0.6) is 0 Å². The van der Waals surface area contributed by atoms with Gasteiger partial charge in [0.25, 0.3) is 0 Å². The summed E-state index contributed by atoms with van der Waals surface area (Å²) < 4.78 is 10.9. The lowest BCUT2D eigenvalue weighted by atomic mass is 10.0. The first-order chi connectivity index (χ1) is 12.6. The number of nitrogens with zero attached hydrogens (tertiary/aromatic N) is 3. The van der Waals surface area contributed by atoms with Crippen molar-refractivity contribution in [1.82, 2.24) is 10.1 Å². The normalized spacial score (nSPS) is 14.0. The molecular weight excluding hydrogens is 330 g/mol. The van der Waals surface area contributed by atoms with Crippen molar-refractivity contribution in [3.8, 4) is 11.3 Å². The van der Waals surface area contributed by atoms with Crippen LogP contribution in [0.2, 0.25) is 0 Å². The molecule has 1 aromatic heterocycles. The molecule has 1 aromatic carbocycles. The highest BCUT2D eigenvalue weighted by molar-refractivity contribution is 5.75. The van der Waals surface area contributed by atoms with E-state index in [-0.39, 0.29) is 5.91 Å². The van der Waals surface area contributed by atoms with Gasteiger partial charge in [0.1, 0.15) is 5.69 Å². The number of carbonyl (C=O) groups is 1. The summed E-state index contributed by atoms with van der Waals surface area (Å²) in [6.45, 7) is 7.10. The van der Waals surface area contributed by atoms with Crippen molar-refractivity contribution < 1.29 is 14.1 Å². The number of amides is 1. The zero-order valence-corrected chi connectivity index (χ0v) is 15.8. The van der Waals surface area contributed by atoms with Crippen LogP contribution in [0.3, 0.4) is 0 Å². The Labute approximate surface area is 154 Å². The van der Waals surface area contributed by atoms with Gasteiger partial charge in [0, 0.05) is 39.2 Å². The maximum absolute atomic E-state index is 12.1. The van der Waals surface area contributed by atoms with E-state index >= 15 is 0 Å². The third-order valence-corrected chi connectivity index (χ3v) is 4.81. The highest BCUT2D eigenvalue weighted by Gasteiger charge is 2.26. The summed E-state index contributed by atoms with van der Waals surface area (Å²) in [5.41, 5.74) is 3.98. The maximum Gasteiger partial charge on any atom is 0.232 e. The van der Waals surface area contributed by atoms with Crippen molar-refractivity contribution in [3.05, 3.63) is 35.4 Å². The third kappa shape index (κ3) is 4.07. The molecule has 1 fully saturated rings. The average molecular weight is 357 g/mol. The number of aromatic nitrogens is 1. The molecular formula is C20H27N3O3. The fourth-order valence-electron chi connectivity index (χ4n) is 3.37. The first-order valence-electron chi connectivity index (χ1n) is 9.15. The summed E-state index contributed by atoms with van der Waals surface area (Å²) >= 11 is 0. The highest BCUT2D eigenvalue weighted by atomic mass is 16.5. The van der Waals surface area contributed by atoms with Gasteiger partial charge in [-0.1, -0.05) is 28.9 Å². The lowest BCUT2D eigenvalue weighted by Gasteiger charge is -2.22. The SMILES string of the molecule is COCCN(Cc1c(-c2cccc(C)c2)noc1N1CCCC1)C(C)=O. The Morgan fingerprint density at radius 2 is 2.12 bits per heavy atom. The molecule has 2 heterocycles. The van der Waals surface area contributed by atoms with Gasteiger partial charge in [-0.05, 0) is 25.8 Å². The number of hydrogen-bond donors (Lipinski definition) is 0. The van der Waals surface area contributed by atoms with E-state index in [2.05, 4.69) is 29.1 Å². The molecule has 0 spiro atoms. The van der Waals surface area contributed by atoms with E-state index in [9.17, 15) is 4.79 Å². The van der Waals surface area contributed by atoms with E-state index in [4.69, 9.17) is 9.26 Å². The predicted octanol–water partition coefficient (Wildman–Crippen LogP) is 3.25. The Balaban J connectivity index is 1.98. The van der Waals surface area contributed by atoms with Crippen LogP contribution in [0.15, 0.2) is 28.8 Å². The van der Waals surface area contributed by atoms with Crippen LogP contribution < -0.4 is 4.90 Å². The Morgan fingerprint density at radius 1 is 1.35 bits per heavy atom. The molecule has 26 heavy (non-hydrogen) atoms. The number of benzene rings is 1. The maximum atomic E-state index is 12.1. The first kappa shape index (κ1) is 18.5. The molecule has 6 heteroatoms. The molecule has 140 valence electrons. The lowest BCUT2D eigenvalue weighted by Crippen LogP contribution is -2.32. The van der Waals surface area contributed by atoms with Crippen LogP contribution in [0.4, 0.5) is 5.88 Å². The van der Waals surface area contributed by atoms with E-state index in [0.29, 0.717) is 19.7 Å². The Bertz CT molecular complexity index is 751. The van der Waals surface area contributed by atoms with Crippen LogP contribution in [0.25, 0.3) is 11.3 Å². The molecule has 1 aliphatic rings. The molecule has 1 saturated heterocycles. The smallest absolute Gasteiger partial charge is 0.232 e. The van der Waals surface area contributed by atoms with E-state index in [0.717, 1.165) is 48.6 Å². The Morgan fingerprint density at radius 3 is 2.77 bits per heavy atom. The zero-order valence-electron chi connectivity index (χ0n) is 15.8. The molecule has 1 amide bonds. The van der Waals surface area contributed by atoms with Crippen LogP contribution in [-0.2, 0) is 16.1 Å². The van der Waals surface area contributed by atoms with E-state index < -0.39 is 0 Å². The molecule has 1 aliphatic heterocycles. The number of anilines is 1. The quantitative estimate of drug-likeness (QED) is 0.761. The first-order valence-corrected chi connectivity index (χ1v) is 9.15. The molecule has 3 rings (SSSR count). The second kappa shape index (κ2) is 8.36. The fourth-order valence-corrected chi connectivity index (χ4v) is 3.37. The molecule has 0 saturated carbocycles. The number of methoxy groups -OCH3 is 1. The molecule has 0 unspecified atom stereocenters. The van der Waals surface area contributed by atoms with Crippen molar-refractivity contribution in [3.63, 3.8) is 0 Å². The van der Waals surface area contributed by atoms with Gasteiger partial charge in [-0.25, -0.2) is 0 Å². The standard InChI is InChI=1S/C20H27N3O3/c1-15-7-6-8-17(13-15)19-18(14-23(16(2)24)11-12-25-3)20(26-21-19)22-9-4-5-10-22/h6-8,13H,4-5,9-12,14H2,1-3H3. The fraction of sp³-hybridized carbons (Fsp3) is 0.500. The number of hydrogen-bond acceptors (Lipinski definition) is 5. The second-order valence-corrected chi connectivity index (χ2v) is 6.81. The minimum Gasteiger partial charge on any atom is -0.383 e. The van der Waals surface area contributed by atoms with Crippen molar-refractivity contribution >= 4 is 11.8 Å². The second-order valence-electron chi connectivity index (χ2n) is 6.81. The monoisotopic (exact) mass is 357 g/mol. The minimum absolute atomic E-state index is 0.0193. The minimum atomic E-state index is 0.0193.